The Morgan fingerprint density at radius 3 is 2.35 bits per heavy atom. The van der Waals surface area contributed by atoms with Gasteiger partial charge in [0.15, 0.2) is 0 Å². The van der Waals surface area contributed by atoms with Crippen molar-refractivity contribution in [1.82, 2.24) is 14.8 Å². The number of imide groups is 2. The number of hydrogen-bond acceptors (Lipinski definition) is 5. The molecule has 2 fully saturated rings. The number of carbonyl (C=O) groups excluding carboxylic acids is 3. The summed E-state index contributed by atoms with van der Waals surface area (Å²) in [7, 11) is 0. The monoisotopic (exact) mass is 558 g/mol. The number of amides is 4. The van der Waals surface area contributed by atoms with Crippen molar-refractivity contribution >= 4 is 35.1 Å². The van der Waals surface area contributed by atoms with Crippen LogP contribution in [-0.4, -0.2) is 46.9 Å². The van der Waals surface area contributed by atoms with Crippen LogP contribution in [-0.2, 0) is 29.0 Å². The van der Waals surface area contributed by atoms with Crippen molar-refractivity contribution in [3.8, 4) is 0 Å². The molecule has 8 nitrogen and oxygen atoms in total. The summed E-state index contributed by atoms with van der Waals surface area (Å²) in [6, 6.07) is 19.0. The van der Waals surface area contributed by atoms with E-state index in [4.69, 9.17) is 11.6 Å². The first-order chi connectivity index (χ1) is 19.3. The predicted octanol–water partition coefficient (Wildman–Crippen LogP) is 4.00. The highest BCUT2D eigenvalue weighted by atomic mass is 35.5. The van der Waals surface area contributed by atoms with Gasteiger partial charge in [0.25, 0.3) is 11.5 Å². The maximum Gasteiger partial charge on any atom is 0.335 e. The van der Waals surface area contributed by atoms with E-state index in [1.807, 2.05) is 41.8 Å². The van der Waals surface area contributed by atoms with Gasteiger partial charge in [-0.25, -0.2) is 9.69 Å². The van der Waals surface area contributed by atoms with Crippen molar-refractivity contribution in [2.45, 2.75) is 38.6 Å². The van der Waals surface area contributed by atoms with Crippen LogP contribution >= 0.6 is 11.6 Å². The number of halogens is 1. The zero-order valence-electron chi connectivity index (χ0n) is 22.3. The highest BCUT2D eigenvalue weighted by Gasteiger charge is 2.55. The number of likely N-dealkylation sites (tertiary alicyclic amines) is 1. The third kappa shape index (κ3) is 4.65. The second kappa shape index (κ2) is 10.3. The molecule has 4 amide bonds. The summed E-state index contributed by atoms with van der Waals surface area (Å²) in [6.07, 6.45) is 1.90. The lowest BCUT2D eigenvalue weighted by Crippen LogP contribution is -2.68. The van der Waals surface area contributed by atoms with Crippen molar-refractivity contribution in [1.29, 1.82) is 0 Å². The number of carbonyl (C=O) groups is 3. The third-order valence-electron chi connectivity index (χ3n) is 8.54. The molecule has 4 heterocycles. The number of pyridine rings is 1. The lowest BCUT2D eigenvalue weighted by Gasteiger charge is -2.47. The molecule has 3 aromatic rings. The Labute approximate surface area is 237 Å². The normalized spacial score (nSPS) is 24.6. The number of fused-ring (bicyclic) bond motifs is 4. The number of piperidine rings is 1. The summed E-state index contributed by atoms with van der Waals surface area (Å²) in [5.74, 6) is -0.783. The quantitative estimate of drug-likeness (QED) is 0.462. The van der Waals surface area contributed by atoms with Crippen LogP contribution in [0.3, 0.4) is 0 Å². The number of rotatable bonds is 6. The number of aryl methyl sites for hydroxylation is 1. The SMILES string of the molecule is CCc1ccc(N2C(=O)NC(=O)[C@@](Cc3ccc(Cl)cc3)(CN3C[C@@H]4C[C@@H](C3)c3cccc(=O)n3C4)C2=O)cc1. The van der Waals surface area contributed by atoms with E-state index in [2.05, 4.69) is 10.2 Å². The summed E-state index contributed by atoms with van der Waals surface area (Å²) in [6.45, 7) is 4.07. The van der Waals surface area contributed by atoms with E-state index in [0.717, 1.165) is 34.6 Å². The van der Waals surface area contributed by atoms with Gasteiger partial charge in [-0.3, -0.25) is 19.7 Å². The number of nitrogens with zero attached hydrogens (tertiary/aromatic N) is 3. The highest BCUT2D eigenvalue weighted by molar-refractivity contribution is 6.31. The summed E-state index contributed by atoms with van der Waals surface area (Å²) < 4.78 is 1.86. The first-order valence-corrected chi connectivity index (χ1v) is 14.1. The average Bonchev–Trinajstić information content (AvgIpc) is 2.94. The first-order valence-electron chi connectivity index (χ1n) is 13.7. The molecule has 206 valence electrons. The predicted molar refractivity (Wildman–Crippen MR) is 152 cm³/mol. The second-order valence-electron chi connectivity index (χ2n) is 11.2. The van der Waals surface area contributed by atoms with Crippen molar-refractivity contribution in [3.63, 3.8) is 0 Å². The number of aromatic nitrogens is 1. The van der Waals surface area contributed by atoms with E-state index in [-0.39, 0.29) is 30.4 Å². The lowest BCUT2D eigenvalue weighted by atomic mass is 9.75. The summed E-state index contributed by atoms with van der Waals surface area (Å²) in [5.41, 5.74) is 1.75. The Kier molecular flexibility index (Phi) is 6.84. The molecule has 6 rings (SSSR count). The van der Waals surface area contributed by atoms with Crippen LogP contribution in [0.15, 0.2) is 71.5 Å². The van der Waals surface area contributed by atoms with Gasteiger partial charge in [-0.15, -0.1) is 0 Å². The molecule has 0 unspecified atom stereocenters. The molecule has 0 spiro atoms. The largest absolute Gasteiger partial charge is 0.335 e. The first kappa shape index (κ1) is 26.5. The molecule has 3 atom stereocenters. The van der Waals surface area contributed by atoms with Gasteiger partial charge in [0.1, 0.15) is 5.41 Å². The van der Waals surface area contributed by atoms with Crippen molar-refractivity contribution < 1.29 is 14.4 Å². The number of urea groups is 1. The maximum absolute atomic E-state index is 14.4. The molecule has 0 saturated carbocycles. The molecular weight excluding hydrogens is 528 g/mol. The van der Waals surface area contributed by atoms with Gasteiger partial charge in [-0.1, -0.05) is 48.9 Å². The van der Waals surface area contributed by atoms with Crippen molar-refractivity contribution in [2.75, 3.05) is 24.5 Å². The number of anilines is 1. The van der Waals surface area contributed by atoms with Crippen LogP contribution in [0.5, 0.6) is 0 Å². The zero-order valence-corrected chi connectivity index (χ0v) is 23.1. The van der Waals surface area contributed by atoms with E-state index in [1.165, 1.54) is 0 Å². The average molecular weight is 559 g/mol. The summed E-state index contributed by atoms with van der Waals surface area (Å²) >= 11 is 6.12. The minimum atomic E-state index is -1.53. The van der Waals surface area contributed by atoms with Crippen LogP contribution in [0.4, 0.5) is 10.5 Å². The van der Waals surface area contributed by atoms with Gasteiger partial charge in [0, 0.05) is 48.9 Å². The molecule has 0 aliphatic carbocycles. The molecule has 9 heteroatoms. The Bertz CT molecular complexity index is 1530. The van der Waals surface area contributed by atoms with Crippen LogP contribution in [0.25, 0.3) is 0 Å². The van der Waals surface area contributed by atoms with Gasteiger partial charge in [-0.05, 0) is 66.6 Å². The topological polar surface area (TPSA) is 91.7 Å². The van der Waals surface area contributed by atoms with Gasteiger partial charge in [0.2, 0.25) is 5.91 Å². The fraction of sp³-hybridized carbons (Fsp3) is 0.355. The third-order valence-corrected chi connectivity index (χ3v) is 8.79. The van der Waals surface area contributed by atoms with Crippen LogP contribution < -0.4 is 15.8 Å². The minimum absolute atomic E-state index is 0.00457. The Morgan fingerprint density at radius 2 is 1.62 bits per heavy atom. The van der Waals surface area contributed by atoms with Gasteiger partial charge < -0.3 is 9.47 Å². The molecule has 2 aromatic carbocycles. The zero-order chi connectivity index (χ0) is 28.0. The van der Waals surface area contributed by atoms with Crippen LogP contribution in [0, 0.1) is 11.3 Å². The van der Waals surface area contributed by atoms with Crippen LogP contribution in [0.1, 0.15) is 36.1 Å². The van der Waals surface area contributed by atoms with Gasteiger partial charge >= 0.3 is 6.03 Å². The molecule has 40 heavy (non-hydrogen) atoms. The minimum Gasteiger partial charge on any atom is -0.312 e. The number of benzene rings is 2. The fourth-order valence-corrected chi connectivity index (χ4v) is 6.73. The molecule has 3 aliphatic rings. The molecular formula is C31H31ClN4O4. The molecule has 1 aromatic heterocycles. The smallest absolute Gasteiger partial charge is 0.312 e. The number of hydrogen-bond donors (Lipinski definition) is 1. The second-order valence-corrected chi connectivity index (χ2v) is 11.6. The van der Waals surface area contributed by atoms with E-state index < -0.39 is 23.3 Å². The number of barbiturate groups is 1. The lowest BCUT2D eigenvalue weighted by molar-refractivity contribution is -0.144. The summed E-state index contributed by atoms with van der Waals surface area (Å²) in [4.78, 5) is 57.0. The summed E-state index contributed by atoms with van der Waals surface area (Å²) in [5, 5.41) is 3.06. The van der Waals surface area contributed by atoms with E-state index in [9.17, 15) is 19.2 Å². The Hall–Kier alpha value is -3.75. The molecule has 0 radical (unpaired) electrons. The van der Waals surface area contributed by atoms with E-state index in [0.29, 0.717) is 30.3 Å². The number of nitrogens with one attached hydrogen (secondary N) is 1. The highest BCUT2D eigenvalue weighted by Crippen LogP contribution is 2.39. The van der Waals surface area contributed by atoms with Gasteiger partial charge in [0.05, 0.1) is 5.69 Å². The molecule has 1 N–H and O–H groups in total. The fourth-order valence-electron chi connectivity index (χ4n) is 6.60. The van der Waals surface area contributed by atoms with Crippen molar-refractivity contribution in [3.05, 3.63) is 98.9 Å². The standard InChI is InChI=1S/C31H31ClN4O4/c1-2-20-8-12-25(13-9-20)36-29(39)31(28(38)33-30(36)40,15-21-6-10-24(32)11-7-21)19-34-16-22-14-23(18-34)26-4-3-5-27(37)35(26)17-22/h3-13,22-23H,2,14-19H2,1H3,(H,33,38,40)/t22-,23-,31+/m0/s1. The van der Waals surface area contributed by atoms with Crippen molar-refractivity contribution in [2.24, 2.45) is 11.3 Å². The molecule has 3 aliphatic heterocycles. The Morgan fingerprint density at radius 1 is 0.900 bits per heavy atom. The maximum atomic E-state index is 14.4. The van der Waals surface area contributed by atoms with Crippen LogP contribution in [0.2, 0.25) is 5.02 Å². The van der Waals surface area contributed by atoms with Gasteiger partial charge in [-0.2, -0.15) is 0 Å². The molecule has 2 saturated heterocycles. The van der Waals surface area contributed by atoms with E-state index >= 15 is 0 Å². The van der Waals surface area contributed by atoms with E-state index in [1.54, 1.807) is 36.4 Å². The molecule has 2 bridgehead atoms. The Balaban J connectivity index is 1.37.